The number of sulfonamides is 1. The fourth-order valence-corrected chi connectivity index (χ4v) is 6.18. The van der Waals surface area contributed by atoms with E-state index in [1.54, 1.807) is 42.5 Å². The molecule has 4 aromatic carbocycles. The molecule has 0 bridgehead atoms. The molecule has 8 nitrogen and oxygen atoms in total. The first-order valence-electron chi connectivity index (χ1n) is 13.2. The monoisotopic (exact) mass is 649 g/mol. The predicted molar refractivity (Wildman–Crippen MR) is 167 cm³/mol. The quantitative estimate of drug-likeness (QED) is 0.232. The molecule has 0 aliphatic heterocycles. The summed E-state index contributed by atoms with van der Waals surface area (Å²) in [6.45, 7) is -0.417. The summed E-state index contributed by atoms with van der Waals surface area (Å²) in [4.78, 5) is 29.0. The summed E-state index contributed by atoms with van der Waals surface area (Å²) >= 11 is 3.43. The zero-order chi connectivity index (χ0) is 30.1. The van der Waals surface area contributed by atoms with E-state index in [9.17, 15) is 18.0 Å². The van der Waals surface area contributed by atoms with Gasteiger partial charge in [0.05, 0.1) is 17.7 Å². The highest BCUT2D eigenvalue weighted by Gasteiger charge is 2.34. The van der Waals surface area contributed by atoms with Gasteiger partial charge in [0.15, 0.2) is 0 Å². The van der Waals surface area contributed by atoms with Gasteiger partial charge in [0.2, 0.25) is 11.8 Å². The van der Waals surface area contributed by atoms with Crippen LogP contribution in [0.3, 0.4) is 0 Å². The molecule has 0 aliphatic rings. The van der Waals surface area contributed by atoms with Crippen LogP contribution in [-0.2, 0) is 32.6 Å². The molecule has 0 heterocycles. The summed E-state index contributed by atoms with van der Waals surface area (Å²) < 4.78 is 35.1. The van der Waals surface area contributed by atoms with Crippen molar-refractivity contribution in [3.63, 3.8) is 0 Å². The lowest BCUT2D eigenvalue weighted by Crippen LogP contribution is -2.53. The fourth-order valence-electron chi connectivity index (χ4n) is 4.51. The highest BCUT2D eigenvalue weighted by atomic mass is 79.9. The lowest BCUT2D eigenvalue weighted by molar-refractivity contribution is -0.139. The summed E-state index contributed by atoms with van der Waals surface area (Å²) in [7, 11) is -1.16. The molecule has 1 unspecified atom stereocenters. The molecule has 4 rings (SSSR count). The number of likely N-dealkylation sites (N-methyl/N-ethyl adjacent to an activating group) is 1. The minimum absolute atomic E-state index is 0.00606. The second-order valence-electron chi connectivity index (χ2n) is 9.49. The van der Waals surface area contributed by atoms with Gasteiger partial charge < -0.3 is 15.0 Å². The Morgan fingerprint density at radius 1 is 0.833 bits per heavy atom. The SMILES string of the molecule is CNC(=O)C(Cc1ccccc1)N(Cc1ccc(Br)cc1)C(=O)CN(c1ccccc1)S(=O)(=O)c1ccc(OC)cc1. The molecule has 42 heavy (non-hydrogen) atoms. The van der Waals surface area contributed by atoms with E-state index in [4.69, 9.17) is 4.74 Å². The number of carbonyl (C=O) groups excluding carboxylic acids is 2. The number of amides is 2. The number of nitrogens with zero attached hydrogens (tertiary/aromatic N) is 2. The van der Waals surface area contributed by atoms with Gasteiger partial charge in [-0.15, -0.1) is 0 Å². The van der Waals surface area contributed by atoms with Crippen LogP contribution >= 0.6 is 15.9 Å². The van der Waals surface area contributed by atoms with Crippen molar-refractivity contribution in [2.75, 3.05) is 25.0 Å². The molecule has 0 aliphatic carbocycles. The van der Waals surface area contributed by atoms with E-state index in [2.05, 4.69) is 21.2 Å². The molecular formula is C32H32BrN3O5S. The minimum Gasteiger partial charge on any atom is -0.497 e. The van der Waals surface area contributed by atoms with Crippen molar-refractivity contribution >= 4 is 43.5 Å². The third-order valence-corrected chi connectivity index (χ3v) is 9.07. The molecule has 1 N–H and O–H groups in total. The number of halogens is 1. The maximum Gasteiger partial charge on any atom is 0.264 e. The normalized spacial score (nSPS) is 11.8. The fraction of sp³-hybridized carbons (Fsp3) is 0.188. The number of rotatable bonds is 12. The summed E-state index contributed by atoms with van der Waals surface area (Å²) in [5.74, 6) is -0.372. The first kappa shape index (κ1) is 30.8. The van der Waals surface area contributed by atoms with Crippen molar-refractivity contribution in [3.05, 3.63) is 125 Å². The molecule has 1 atom stereocenters. The van der Waals surface area contributed by atoms with Crippen molar-refractivity contribution in [1.82, 2.24) is 10.2 Å². The zero-order valence-corrected chi connectivity index (χ0v) is 25.7. The molecule has 2 amide bonds. The van der Waals surface area contributed by atoms with Crippen molar-refractivity contribution in [1.29, 1.82) is 0 Å². The van der Waals surface area contributed by atoms with Crippen LogP contribution in [0.5, 0.6) is 5.75 Å². The summed E-state index contributed by atoms with van der Waals surface area (Å²) in [6.07, 6.45) is 0.249. The molecule has 4 aromatic rings. The zero-order valence-electron chi connectivity index (χ0n) is 23.3. The van der Waals surface area contributed by atoms with E-state index in [0.717, 1.165) is 19.9 Å². The Hall–Kier alpha value is -4.15. The Balaban J connectivity index is 1.76. The van der Waals surface area contributed by atoms with Crippen LogP contribution in [0, 0.1) is 0 Å². The predicted octanol–water partition coefficient (Wildman–Crippen LogP) is 5.04. The van der Waals surface area contributed by atoms with E-state index in [1.807, 2.05) is 54.6 Å². The van der Waals surface area contributed by atoms with Gasteiger partial charge in [-0.25, -0.2) is 8.42 Å². The van der Waals surface area contributed by atoms with Gasteiger partial charge in [0.1, 0.15) is 18.3 Å². The Labute approximate surface area is 255 Å². The second kappa shape index (κ2) is 14.2. The first-order chi connectivity index (χ1) is 20.2. The topological polar surface area (TPSA) is 96.0 Å². The second-order valence-corrected chi connectivity index (χ2v) is 12.3. The van der Waals surface area contributed by atoms with E-state index in [-0.39, 0.29) is 23.8 Å². The van der Waals surface area contributed by atoms with Crippen LogP contribution in [0.25, 0.3) is 0 Å². The third kappa shape index (κ3) is 7.57. The number of para-hydroxylation sites is 1. The van der Waals surface area contributed by atoms with Crippen LogP contribution in [0.4, 0.5) is 5.69 Å². The molecule has 0 fully saturated rings. The van der Waals surface area contributed by atoms with Gasteiger partial charge >= 0.3 is 0 Å². The van der Waals surface area contributed by atoms with Gasteiger partial charge in [0.25, 0.3) is 10.0 Å². The summed E-state index contributed by atoms with van der Waals surface area (Å²) in [5, 5.41) is 2.68. The van der Waals surface area contributed by atoms with Gasteiger partial charge in [-0.05, 0) is 59.7 Å². The summed E-state index contributed by atoms with van der Waals surface area (Å²) in [5.41, 5.74) is 1.98. The minimum atomic E-state index is -4.17. The standard InChI is InChI=1S/C32H32BrN3O5S/c1-34-32(38)30(21-24-9-5-3-6-10-24)35(22-25-13-15-26(33)16-14-25)31(37)23-36(27-11-7-4-8-12-27)42(39,40)29-19-17-28(41-2)18-20-29/h3-20,30H,21-23H2,1-2H3,(H,34,38). The van der Waals surface area contributed by atoms with Crippen LogP contribution in [0.2, 0.25) is 0 Å². The average molecular weight is 651 g/mol. The van der Waals surface area contributed by atoms with Crippen molar-refractivity contribution in [2.24, 2.45) is 0 Å². The highest BCUT2D eigenvalue weighted by Crippen LogP contribution is 2.26. The van der Waals surface area contributed by atoms with Crippen molar-refractivity contribution < 1.29 is 22.7 Å². The lowest BCUT2D eigenvalue weighted by Gasteiger charge is -2.33. The Kier molecular flexibility index (Phi) is 10.4. The molecule has 0 saturated carbocycles. The van der Waals surface area contributed by atoms with E-state index in [0.29, 0.717) is 11.4 Å². The number of hydrogen-bond donors (Lipinski definition) is 1. The number of ether oxygens (including phenoxy) is 1. The number of methoxy groups -OCH3 is 1. The van der Waals surface area contributed by atoms with E-state index < -0.39 is 28.5 Å². The van der Waals surface area contributed by atoms with Crippen LogP contribution in [-0.4, -0.2) is 51.9 Å². The van der Waals surface area contributed by atoms with Gasteiger partial charge in [-0.3, -0.25) is 13.9 Å². The Morgan fingerprint density at radius 2 is 1.43 bits per heavy atom. The van der Waals surface area contributed by atoms with Crippen molar-refractivity contribution in [2.45, 2.75) is 23.9 Å². The molecular weight excluding hydrogens is 618 g/mol. The molecule has 0 saturated heterocycles. The van der Waals surface area contributed by atoms with Crippen molar-refractivity contribution in [3.8, 4) is 5.75 Å². The molecule has 0 aromatic heterocycles. The highest BCUT2D eigenvalue weighted by molar-refractivity contribution is 9.10. The third-order valence-electron chi connectivity index (χ3n) is 6.75. The van der Waals surface area contributed by atoms with Crippen LogP contribution in [0.15, 0.2) is 119 Å². The lowest BCUT2D eigenvalue weighted by atomic mass is 10.0. The van der Waals surface area contributed by atoms with Gasteiger partial charge in [-0.1, -0.05) is 76.6 Å². The number of nitrogens with one attached hydrogen (secondary N) is 1. The number of benzene rings is 4. The van der Waals surface area contributed by atoms with E-state index in [1.165, 1.54) is 31.2 Å². The average Bonchev–Trinajstić information content (AvgIpc) is 3.02. The van der Waals surface area contributed by atoms with Crippen LogP contribution in [0.1, 0.15) is 11.1 Å². The Morgan fingerprint density at radius 3 is 2.00 bits per heavy atom. The number of carbonyl (C=O) groups is 2. The van der Waals surface area contributed by atoms with Gasteiger partial charge in [-0.2, -0.15) is 0 Å². The molecule has 218 valence electrons. The smallest absolute Gasteiger partial charge is 0.264 e. The summed E-state index contributed by atoms with van der Waals surface area (Å²) in [6, 6.07) is 30.4. The number of hydrogen-bond acceptors (Lipinski definition) is 5. The molecule has 0 spiro atoms. The molecule has 10 heteroatoms. The Bertz CT molecular complexity index is 1580. The maximum atomic E-state index is 14.2. The first-order valence-corrected chi connectivity index (χ1v) is 15.5. The van der Waals surface area contributed by atoms with Crippen LogP contribution < -0.4 is 14.4 Å². The molecule has 0 radical (unpaired) electrons. The van der Waals surface area contributed by atoms with Gasteiger partial charge in [0, 0.05) is 24.5 Å². The maximum absolute atomic E-state index is 14.2. The number of anilines is 1. The van der Waals surface area contributed by atoms with E-state index >= 15 is 0 Å². The largest absolute Gasteiger partial charge is 0.497 e.